The summed E-state index contributed by atoms with van der Waals surface area (Å²) in [5, 5.41) is 0. The summed E-state index contributed by atoms with van der Waals surface area (Å²) in [6.07, 6.45) is 0. The molecule has 0 bridgehead atoms. The van der Waals surface area contributed by atoms with Crippen LogP contribution in [0.5, 0.6) is 0 Å². The number of carbonyl (C=O) groups is 2. The zero-order valence-electron chi connectivity index (χ0n) is 13.7. The van der Waals surface area contributed by atoms with Crippen molar-refractivity contribution in [2.24, 2.45) is 0 Å². The van der Waals surface area contributed by atoms with E-state index in [4.69, 9.17) is 9.47 Å². The fourth-order valence-corrected chi connectivity index (χ4v) is 1.87. The second-order valence-electron chi connectivity index (χ2n) is 4.95. The van der Waals surface area contributed by atoms with Crippen molar-refractivity contribution in [1.82, 2.24) is 0 Å². The molecular weight excluding hydrogens is 292 g/mol. The maximum Gasteiger partial charge on any atom is 0.188 e. The summed E-state index contributed by atoms with van der Waals surface area (Å²) in [6.45, 7) is 2.27. The largest absolute Gasteiger partial charge is 0.377 e. The van der Waals surface area contributed by atoms with E-state index in [9.17, 15) is 9.59 Å². The Morgan fingerprint density at radius 2 is 1.30 bits per heavy atom. The van der Waals surface area contributed by atoms with Crippen LogP contribution in [0.4, 0.5) is 0 Å². The van der Waals surface area contributed by atoms with Crippen molar-refractivity contribution in [3.8, 4) is 0 Å². The second-order valence-corrected chi connectivity index (χ2v) is 4.95. The molecule has 0 amide bonds. The summed E-state index contributed by atoms with van der Waals surface area (Å²) in [4.78, 5) is 22.4. The van der Waals surface area contributed by atoms with Gasteiger partial charge in [0, 0.05) is 25.3 Å². The van der Waals surface area contributed by atoms with Crippen LogP contribution in [0.2, 0.25) is 0 Å². The molecule has 0 heterocycles. The van der Waals surface area contributed by atoms with E-state index >= 15 is 0 Å². The highest BCUT2D eigenvalue weighted by Gasteiger charge is 2.03. The Labute approximate surface area is 137 Å². The minimum Gasteiger partial charge on any atom is -0.377 e. The number of methoxy groups -OCH3 is 2. The van der Waals surface area contributed by atoms with Crippen LogP contribution in [0.15, 0.2) is 54.6 Å². The third kappa shape index (κ3) is 7.00. The molecule has 2 aromatic rings. The topological polar surface area (TPSA) is 52.6 Å². The Balaban J connectivity index is 0.000000231. The van der Waals surface area contributed by atoms with Crippen LogP contribution in [-0.2, 0) is 9.47 Å². The minimum absolute atomic E-state index is 0.0214. The number of ketones is 2. The SMILES string of the molecule is COCC(=O)c1cccc(C)c1.COCC(=O)c1ccccc1. The van der Waals surface area contributed by atoms with Gasteiger partial charge in [-0.05, 0) is 13.0 Å². The van der Waals surface area contributed by atoms with Gasteiger partial charge < -0.3 is 9.47 Å². The normalized spacial score (nSPS) is 9.70. The van der Waals surface area contributed by atoms with Gasteiger partial charge in [-0.3, -0.25) is 9.59 Å². The third-order valence-electron chi connectivity index (χ3n) is 2.99. The van der Waals surface area contributed by atoms with Gasteiger partial charge >= 0.3 is 0 Å². The fraction of sp³-hybridized carbons (Fsp3) is 0.263. The number of benzene rings is 2. The number of rotatable bonds is 6. The van der Waals surface area contributed by atoms with Gasteiger partial charge in [-0.1, -0.05) is 54.1 Å². The summed E-state index contributed by atoms with van der Waals surface area (Å²) >= 11 is 0. The van der Waals surface area contributed by atoms with Gasteiger partial charge in [-0.25, -0.2) is 0 Å². The van der Waals surface area contributed by atoms with Gasteiger partial charge in [0.25, 0.3) is 0 Å². The van der Waals surface area contributed by atoms with Gasteiger partial charge in [0.05, 0.1) is 0 Å². The Bertz CT molecular complexity index is 620. The molecule has 0 aromatic heterocycles. The molecule has 0 aliphatic carbocycles. The number of Topliss-reactive ketones (excluding diaryl/α,β-unsaturated/α-hetero) is 2. The zero-order chi connectivity index (χ0) is 17.1. The van der Waals surface area contributed by atoms with E-state index in [2.05, 4.69) is 0 Å². The van der Waals surface area contributed by atoms with Gasteiger partial charge in [-0.2, -0.15) is 0 Å². The van der Waals surface area contributed by atoms with Crippen molar-refractivity contribution >= 4 is 11.6 Å². The molecular formula is C19H22O4. The molecule has 122 valence electrons. The predicted octanol–water partition coefficient (Wildman–Crippen LogP) is 3.34. The van der Waals surface area contributed by atoms with Crippen molar-refractivity contribution in [1.29, 1.82) is 0 Å². The van der Waals surface area contributed by atoms with E-state index in [0.717, 1.165) is 11.1 Å². The van der Waals surface area contributed by atoms with Crippen LogP contribution < -0.4 is 0 Å². The monoisotopic (exact) mass is 314 g/mol. The highest BCUT2D eigenvalue weighted by molar-refractivity contribution is 5.97. The molecule has 0 saturated heterocycles. The van der Waals surface area contributed by atoms with Crippen molar-refractivity contribution in [3.05, 3.63) is 71.3 Å². The number of carbonyl (C=O) groups excluding carboxylic acids is 2. The van der Waals surface area contributed by atoms with Crippen molar-refractivity contribution in [2.45, 2.75) is 6.92 Å². The van der Waals surface area contributed by atoms with Gasteiger partial charge in [0.1, 0.15) is 13.2 Å². The Kier molecular flexibility index (Phi) is 8.50. The summed E-state index contributed by atoms with van der Waals surface area (Å²) in [5.74, 6) is 0.0503. The number of aryl methyl sites for hydroxylation is 1. The Morgan fingerprint density at radius 1 is 0.783 bits per heavy atom. The van der Waals surface area contributed by atoms with Crippen LogP contribution in [0.1, 0.15) is 26.3 Å². The molecule has 0 N–H and O–H groups in total. The van der Waals surface area contributed by atoms with Crippen molar-refractivity contribution in [2.75, 3.05) is 27.4 Å². The highest BCUT2D eigenvalue weighted by Crippen LogP contribution is 2.04. The number of ether oxygens (including phenoxy) is 2. The van der Waals surface area contributed by atoms with Gasteiger partial charge in [-0.15, -0.1) is 0 Å². The molecule has 0 atom stereocenters. The van der Waals surface area contributed by atoms with Crippen LogP contribution in [0.3, 0.4) is 0 Å². The summed E-state index contributed by atoms with van der Waals surface area (Å²) in [5.41, 5.74) is 2.52. The lowest BCUT2D eigenvalue weighted by atomic mass is 10.1. The second kappa shape index (κ2) is 10.4. The molecule has 0 spiro atoms. The van der Waals surface area contributed by atoms with Gasteiger partial charge in [0.15, 0.2) is 11.6 Å². The van der Waals surface area contributed by atoms with E-state index in [0.29, 0.717) is 5.56 Å². The summed E-state index contributed by atoms with van der Waals surface area (Å²) < 4.78 is 9.46. The zero-order valence-corrected chi connectivity index (χ0v) is 13.7. The highest BCUT2D eigenvalue weighted by atomic mass is 16.5. The first-order valence-electron chi connectivity index (χ1n) is 7.24. The van der Waals surface area contributed by atoms with Crippen molar-refractivity contribution < 1.29 is 19.1 Å². The molecule has 0 aliphatic heterocycles. The van der Waals surface area contributed by atoms with Crippen LogP contribution in [0, 0.1) is 6.92 Å². The summed E-state index contributed by atoms with van der Waals surface area (Å²) in [7, 11) is 3.04. The maximum atomic E-state index is 11.3. The predicted molar refractivity (Wildman–Crippen MR) is 90.0 cm³/mol. The van der Waals surface area contributed by atoms with Crippen LogP contribution in [-0.4, -0.2) is 39.0 Å². The first-order valence-corrected chi connectivity index (χ1v) is 7.24. The van der Waals surface area contributed by atoms with E-state index < -0.39 is 0 Å². The molecule has 2 rings (SSSR count). The Morgan fingerprint density at radius 3 is 1.83 bits per heavy atom. The molecule has 23 heavy (non-hydrogen) atoms. The standard InChI is InChI=1S/C10H12O2.C9H10O2/c1-8-4-3-5-9(6-8)10(11)7-12-2;1-11-7-9(10)8-5-3-2-4-6-8/h3-6H,7H2,1-2H3;2-6H,7H2,1H3. The van der Waals surface area contributed by atoms with Crippen LogP contribution >= 0.6 is 0 Å². The quantitative estimate of drug-likeness (QED) is 0.767. The van der Waals surface area contributed by atoms with Gasteiger partial charge in [0.2, 0.25) is 0 Å². The molecule has 0 aliphatic rings. The molecule has 0 unspecified atom stereocenters. The van der Waals surface area contributed by atoms with E-state index in [1.54, 1.807) is 18.2 Å². The van der Waals surface area contributed by atoms with E-state index in [1.807, 2.05) is 43.3 Å². The lowest BCUT2D eigenvalue weighted by molar-refractivity contribution is 0.0842. The molecule has 2 aromatic carbocycles. The minimum atomic E-state index is 0.0214. The molecule has 0 radical (unpaired) electrons. The lowest BCUT2D eigenvalue weighted by Crippen LogP contribution is -2.06. The van der Waals surface area contributed by atoms with Crippen LogP contribution in [0.25, 0.3) is 0 Å². The first-order chi connectivity index (χ1) is 11.1. The molecule has 4 nitrogen and oxygen atoms in total. The average Bonchev–Trinajstić information content (AvgIpc) is 2.57. The molecule has 0 saturated carbocycles. The van der Waals surface area contributed by atoms with E-state index in [-0.39, 0.29) is 24.8 Å². The summed E-state index contributed by atoms with van der Waals surface area (Å²) in [6, 6.07) is 16.6. The number of hydrogen-bond acceptors (Lipinski definition) is 4. The fourth-order valence-electron chi connectivity index (χ4n) is 1.87. The lowest BCUT2D eigenvalue weighted by Gasteiger charge is -1.99. The number of hydrogen-bond donors (Lipinski definition) is 0. The smallest absolute Gasteiger partial charge is 0.188 e. The molecule has 0 fully saturated rings. The maximum absolute atomic E-state index is 11.3. The van der Waals surface area contributed by atoms with Crippen molar-refractivity contribution in [3.63, 3.8) is 0 Å². The van der Waals surface area contributed by atoms with E-state index in [1.165, 1.54) is 14.2 Å². The first kappa shape index (κ1) is 18.7. The third-order valence-corrected chi connectivity index (χ3v) is 2.99. The Hall–Kier alpha value is -2.30. The average molecular weight is 314 g/mol. The molecule has 4 heteroatoms.